The van der Waals surface area contributed by atoms with E-state index in [4.69, 9.17) is 16.4 Å². The number of rotatable bonds is 4. The first-order chi connectivity index (χ1) is 17.9. The summed E-state index contributed by atoms with van der Waals surface area (Å²) in [5.74, 6) is -1.25. The van der Waals surface area contributed by atoms with Gasteiger partial charge >= 0.3 is 6.18 Å². The van der Waals surface area contributed by atoms with Gasteiger partial charge in [0, 0.05) is 52.0 Å². The highest BCUT2D eigenvalue weighted by Crippen LogP contribution is 2.41. The molecule has 5 rings (SSSR count). The van der Waals surface area contributed by atoms with Gasteiger partial charge in [0.15, 0.2) is 16.8 Å². The van der Waals surface area contributed by atoms with E-state index in [1.165, 1.54) is 12.1 Å². The second kappa shape index (κ2) is 9.71. The number of fused-ring (bicyclic) bond motifs is 3. The second-order valence-corrected chi connectivity index (χ2v) is 12.9. The van der Waals surface area contributed by atoms with Crippen LogP contribution in [0.3, 0.4) is 0 Å². The highest BCUT2D eigenvalue weighted by atomic mass is 35.5. The Bertz CT molecular complexity index is 1460. The predicted molar refractivity (Wildman–Crippen MR) is 139 cm³/mol. The Kier molecular flexibility index (Phi) is 6.83. The van der Waals surface area contributed by atoms with Gasteiger partial charge in [-0.2, -0.15) is 18.3 Å². The van der Waals surface area contributed by atoms with Gasteiger partial charge in [-0.15, -0.1) is 0 Å². The van der Waals surface area contributed by atoms with Crippen molar-refractivity contribution in [1.82, 2.24) is 19.5 Å². The van der Waals surface area contributed by atoms with Crippen LogP contribution in [0.4, 0.5) is 24.5 Å². The van der Waals surface area contributed by atoms with Crippen LogP contribution in [0.25, 0.3) is 5.65 Å². The Labute approximate surface area is 223 Å². The van der Waals surface area contributed by atoms with Gasteiger partial charge in [-0.1, -0.05) is 23.7 Å². The van der Waals surface area contributed by atoms with Crippen molar-refractivity contribution in [2.75, 3.05) is 23.5 Å². The summed E-state index contributed by atoms with van der Waals surface area (Å²) in [6.07, 6.45) is -1.09. The van der Waals surface area contributed by atoms with Gasteiger partial charge in [0.1, 0.15) is 0 Å². The van der Waals surface area contributed by atoms with Crippen molar-refractivity contribution >= 4 is 44.3 Å². The second-order valence-electron chi connectivity index (χ2n) is 10.1. The molecule has 38 heavy (non-hydrogen) atoms. The zero-order valence-corrected chi connectivity index (χ0v) is 22.5. The van der Waals surface area contributed by atoms with Crippen LogP contribution in [0, 0.1) is 10.7 Å². The predicted octanol–water partition coefficient (Wildman–Crippen LogP) is 5.37. The number of nitrogens with one attached hydrogen (secondary N) is 1. The summed E-state index contributed by atoms with van der Waals surface area (Å²) in [5.41, 5.74) is 3.02. The Hall–Kier alpha value is -2.86. The summed E-state index contributed by atoms with van der Waals surface area (Å²) in [7, 11) is -1.58. The fourth-order valence-electron chi connectivity index (χ4n) is 5.51. The van der Waals surface area contributed by atoms with Crippen molar-refractivity contribution in [2.24, 2.45) is 5.92 Å². The first-order valence-corrected chi connectivity index (χ1v) is 14.6. The third kappa shape index (κ3) is 4.95. The van der Waals surface area contributed by atoms with Gasteiger partial charge in [0.2, 0.25) is 5.91 Å². The Morgan fingerprint density at radius 2 is 1.87 bits per heavy atom. The standard InChI is InChI=1S/C25H28ClF3N6O2S/c1-15-3-8-19-20(14-31-22-13-21(26)32-35(19)22)34(15)18-6-4-16(5-7-18)23(25(27,28)29)33(2)24(36)17-9-11-38(30,37)12-10-17/h4-7,13-15,17,23,30H,3,8-12H2,1-2H3/t15-,17?,23-,38?/m0/s1. The molecule has 1 aromatic carbocycles. The number of hydrogen-bond acceptors (Lipinski definition) is 6. The molecule has 2 atom stereocenters. The third-order valence-corrected chi connectivity index (χ3v) is 9.48. The lowest BCUT2D eigenvalue weighted by atomic mass is 9.97. The Morgan fingerprint density at radius 1 is 1.21 bits per heavy atom. The van der Waals surface area contributed by atoms with E-state index in [9.17, 15) is 22.2 Å². The highest BCUT2D eigenvalue weighted by molar-refractivity contribution is 7.92. The van der Waals surface area contributed by atoms with Gasteiger partial charge in [-0.3, -0.25) is 9.57 Å². The molecule has 13 heteroatoms. The van der Waals surface area contributed by atoms with Crippen LogP contribution < -0.4 is 4.90 Å². The van der Waals surface area contributed by atoms with Gasteiger partial charge in [0.25, 0.3) is 0 Å². The molecule has 8 nitrogen and oxygen atoms in total. The van der Waals surface area contributed by atoms with Crippen molar-refractivity contribution < 1.29 is 22.2 Å². The molecule has 2 aromatic heterocycles. The van der Waals surface area contributed by atoms with Crippen LogP contribution >= 0.6 is 11.6 Å². The van der Waals surface area contributed by atoms with Crippen LogP contribution in [0.15, 0.2) is 36.5 Å². The Balaban J connectivity index is 1.44. The molecule has 1 saturated heterocycles. The van der Waals surface area contributed by atoms with E-state index < -0.39 is 33.8 Å². The molecular formula is C25H28ClF3N6O2S. The molecule has 0 aliphatic carbocycles. The lowest BCUT2D eigenvalue weighted by Gasteiger charge is -2.37. The normalized spacial score (nSPS) is 24.7. The first kappa shape index (κ1) is 26.7. The largest absolute Gasteiger partial charge is 0.413 e. The molecule has 1 fully saturated rings. The maximum absolute atomic E-state index is 14.3. The third-order valence-electron chi connectivity index (χ3n) is 7.50. The number of benzene rings is 1. The van der Waals surface area contributed by atoms with E-state index in [2.05, 4.69) is 10.1 Å². The topological polar surface area (TPSA) is 94.7 Å². The Morgan fingerprint density at radius 3 is 2.50 bits per heavy atom. The minimum Gasteiger partial charge on any atom is -0.336 e. The zero-order chi connectivity index (χ0) is 27.4. The van der Waals surface area contributed by atoms with Crippen molar-refractivity contribution in [3.63, 3.8) is 0 Å². The molecule has 0 unspecified atom stereocenters. The zero-order valence-electron chi connectivity index (χ0n) is 20.9. The van der Waals surface area contributed by atoms with Gasteiger partial charge in [0.05, 0.1) is 17.6 Å². The number of halogens is 4. The average molecular weight is 569 g/mol. The molecule has 1 amide bonds. The molecule has 2 aliphatic heterocycles. The number of alkyl halides is 3. The number of carbonyl (C=O) groups excluding carboxylic acids is 1. The van der Waals surface area contributed by atoms with Crippen LogP contribution in [0.5, 0.6) is 0 Å². The van der Waals surface area contributed by atoms with Gasteiger partial charge < -0.3 is 9.80 Å². The van der Waals surface area contributed by atoms with E-state index in [1.807, 2.05) is 11.8 Å². The summed E-state index contributed by atoms with van der Waals surface area (Å²) in [5, 5.41) is 4.66. The highest BCUT2D eigenvalue weighted by Gasteiger charge is 2.46. The van der Waals surface area contributed by atoms with E-state index in [0.717, 1.165) is 36.2 Å². The van der Waals surface area contributed by atoms with Gasteiger partial charge in [-0.05, 0) is 50.3 Å². The SMILES string of the molecule is C[C@H]1CCc2c(cnc3cc(Cl)nn23)N1c1ccc([C@H](N(C)C(=O)C2CCS(=N)(=O)CC2)C(F)(F)F)cc1. The van der Waals surface area contributed by atoms with E-state index >= 15 is 0 Å². The van der Waals surface area contributed by atoms with Crippen molar-refractivity contribution in [2.45, 2.75) is 50.9 Å². The number of anilines is 2. The molecule has 3 aromatic rings. The van der Waals surface area contributed by atoms with Crippen molar-refractivity contribution in [3.8, 4) is 0 Å². The molecule has 204 valence electrons. The van der Waals surface area contributed by atoms with Crippen LogP contribution in [-0.4, -0.2) is 60.4 Å². The molecule has 1 N–H and O–H groups in total. The van der Waals surface area contributed by atoms with E-state index in [0.29, 0.717) is 16.5 Å². The monoisotopic (exact) mass is 568 g/mol. The summed E-state index contributed by atoms with van der Waals surface area (Å²) in [6, 6.07) is 5.71. The van der Waals surface area contributed by atoms with Crippen molar-refractivity contribution in [1.29, 1.82) is 4.78 Å². The van der Waals surface area contributed by atoms with Crippen molar-refractivity contribution in [3.05, 3.63) is 52.9 Å². The summed E-state index contributed by atoms with van der Waals surface area (Å²) in [6.45, 7) is 2.04. The molecule has 0 spiro atoms. The average Bonchev–Trinajstić information content (AvgIpc) is 3.24. The molecule has 0 radical (unpaired) electrons. The van der Waals surface area contributed by atoms with E-state index in [1.54, 1.807) is 28.9 Å². The minimum atomic E-state index is -4.69. The number of nitrogens with zero attached hydrogens (tertiary/aromatic N) is 5. The fourth-order valence-corrected chi connectivity index (χ4v) is 7.22. The smallest absolute Gasteiger partial charge is 0.336 e. The van der Waals surface area contributed by atoms with E-state index in [-0.39, 0.29) is 36.0 Å². The quantitative estimate of drug-likeness (QED) is 0.456. The number of carbonyl (C=O) groups is 1. The maximum atomic E-state index is 14.3. The van der Waals surface area contributed by atoms with Crippen LogP contribution in [0.2, 0.25) is 5.15 Å². The number of hydrogen-bond donors (Lipinski definition) is 1. The van der Waals surface area contributed by atoms with Gasteiger partial charge in [-0.25, -0.2) is 13.7 Å². The molecule has 4 heterocycles. The lowest BCUT2D eigenvalue weighted by molar-refractivity contribution is -0.190. The molecule has 0 saturated carbocycles. The lowest BCUT2D eigenvalue weighted by Crippen LogP contribution is -2.44. The molecule has 0 bridgehead atoms. The first-order valence-electron chi connectivity index (χ1n) is 12.4. The fraction of sp³-hybridized carbons (Fsp3) is 0.480. The number of aromatic nitrogens is 3. The minimum absolute atomic E-state index is 0.0318. The molecular weight excluding hydrogens is 541 g/mol. The summed E-state index contributed by atoms with van der Waals surface area (Å²) < 4.78 is 64.1. The van der Waals surface area contributed by atoms with Crippen LogP contribution in [-0.2, 0) is 20.9 Å². The summed E-state index contributed by atoms with van der Waals surface area (Å²) >= 11 is 6.07. The maximum Gasteiger partial charge on any atom is 0.413 e. The summed E-state index contributed by atoms with van der Waals surface area (Å²) in [4.78, 5) is 20.2. The number of amides is 1. The number of aryl methyl sites for hydroxylation is 1. The van der Waals surface area contributed by atoms with Crippen LogP contribution in [0.1, 0.15) is 43.5 Å². The molecule has 2 aliphatic rings.